The molecule has 2 unspecified atom stereocenters. The Bertz CT molecular complexity index is 639. The predicted molar refractivity (Wildman–Crippen MR) is 79.0 cm³/mol. The Labute approximate surface area is 130 Å². The van der Waals surface area contributed by atoms with Gasteiger partial charge < -0.3 is 9.63 Å². The first kappa shape index (κ1) is 14.3. The highest BCUT2D eigenvalue weighted by atomic mass is 79.9. The fourth-order valence-electron chi connectivity index (χ4n) is 2.72. The quantitative estimate of drug-likeness (QED) is 0.914. The van der Waals surface area contributed by atoms with Crippen LogP contribution in [-0.4, -0.2) is 21.2 Å². The van der Waals surface area contributed by atoms with Crippen molar-refractivity contribution in [2.75, 3.05) is 0 Å². The highest BCUT2D eigenvalue weighted by Gasteiger charge is 2.33. The molecule has 1 saturated carbocycles. The van der Waals surface area contributed by atoms with Crippen molar-refractivity contribution in [3.05, 3.63) is 46.0 Å². The van der Waals surface area contributed by atoms with Gasteiger partial charge in [-0.3, -0.25) is 4.79 Å². The zero-order valence-corrected chi connectivity index (χ0v) is 12.9. The van der Waals surface area contributed by atoms with Crippen LogP contribution in [0.4, 0.5) is 0 Å². The lowest BCUT2D eigenvalue weighted by molar-refractivity contribution is -0.141. The van der Waals surface area contributed by atoms with Crippen LogP contribution >= 0.6 is 15.9 Å². The minimum Gasteiger partial charge on any atom is -0.481 e. The van der Waals surface area contributed by atoms with Gasteiger partial charge in [-0.05, 0) is 37.0 Å². The molecule has 0 amide bonds. The largest absolute Gasteiger partial charge is 0.481 e. The predicted octanol–water partition coefficient (Wildman–Crippen LogP) is 3.39. The van der Waals surface area contributed by atoms with Crippen molar-refractivity contribution in [3.63, 3.8) is 0 Å². The van der Waals surface area contributed by atoms with Gasteiger partial charge in [0.25, 0.3) is 0 Å². The van der Waals surface area contributed by atoms with Gasteiger partial charge in [0.05, 0.1) is 5.92 Å². The lowest BCUT2D eigenvalue weighted by Gasteiger charge is -2.02. The van der Waals surface area contributed by atoms with Crippen LogP contribution in [0.3, 0.4) is 0 Å². The van der Waals surface area contributed by atoms with E-state index in [0.29, 0.717) is 31.0 Å². The zero-order valence-electron chi connectivity index (χ0n) is 11.3. The maximum Gasteiger partial charge on any atom is 0.306 e. The van der Waals surface area contributed by atoms with Gasteiger partial charge in [-0.25, -0.2) is 0 Å². The third-order valence-corrected chi connectivity index (χ3v) is 4.42. The summed E-state index contributed by atoms with van der Waals surface area (Å²) in [5, 5.41) is 13.0. The van der Waals surface area contributed by atoms with Crippen LogP contribution in [0, 0.1) is 5.92 Å². The second-order valence-corrected chi connectivity index (χ2v) is 6.31. The average Bonchev–Trinajstić information content (AvgIpc) is 3.10. The van der Waals surface area contributed by atoms with E-state index in [-0.39, 0.29) is 11.8 Å². The lowest BCUT2D eigenvalue weighted by atomic mass is 10.1. The van der Waals surface area contributed by atoms with Gasteiger partial charge in [0, 0.05) is 16.8 Å². The summed E-state index contributed by atoms with van der Waals surface area (Å²) < 4.78 is 6.34. The van der Waals surface area contributed by atoms with Gasteiger partial charge in [-0.2, -0.15) is 4.98 Å². The van der Waals surface area contributed by atoms with Crippen LogP contribution in [0.2, 0.25) is 0 Å². The molecular weight excluding hydrogens is 336 g/mol. The molecule has 1 fully saturated rings. The highest BCUT2D eigenvalue weighted by Crippen LogP contribution is 2.37. The van der Waals surface area contributed by atoms with Crippen LogP contribution in [0.1, 0.15) is 42.5 Å². The molecule has 0 aliphatic heterocycles. The number of hydrogen-bond acceptors (Lipinski definition) is 4. The summed E-state index contributed by atoms with van der Waals surface area (Å²) in [5.74, 6) is 0.290. The fourth-order valence-corrected chi connectivity index (χ4v) is 2.98. The molecule has 0 bridgehead atoms. The Morgan fingerprint density at radius 1 is 1.33 bits per heavy atom. The molecule has 1 aromatic heterocycles. The topological polar surface area (TPSA) is 76.2 Å². The van der Waals surface area contributed by atoms with E-state index in [0.717, 1.165) is 16.5 Å². The van der Waals surface area contributed by atoms with E-state index in [9.17, 15) is 4.79 Å². The number of nitrogens with zero attached hydrogens (tertiary/aromatic N) is 2. The third kappa shape index (κ3) is 3.32. The van der Waals surface area contributed by atoms with E-state index in [1.165, 1.54) is 0 Å². The van der Waals surface area contributed by atoms with Crippen molar-refractivity contribution in [2.24, 2.45) is 5.92 Å². The number of hydrogen-bond donors (Lipinski definition) is 1. The van der Waals surface area contributed by atoms with Crippen molar-refractivity contribution in [3.8, 4) is 0 Å². The Balaban J connectivity index is 1.66. The fraction of sp³-hybridized carbons (Fsp3) is 0.400. The Kier molecular flexibility index (Phi) is 4.05. The lowest BCUT2D eigenvalue weighted by Crippen LogP contribution is -2.09. The SMILES string of the molecule is O=C(O)C1CCC(c2nc(Cc3ccc(Br)cc3)no2)C1. The van der Waals surface area contributed by atoms with Gasteiger partial charge in [0.2, 0.25) is 5.89 Å². The second-order valence-electron chi connectivity index (χ2n) is 5.40. The van der Waals surface area contributed by atoms with E-state index in [4.69, 9.17) is 9.63 Å². The standard InChI is InChI=1S/C15H15BrN2O3/c16-12-5-1-9(2-6-12)7-13-17-14(21-18-13)10-3-4-11(8-10)15(19)20/h1-2,5-6,10-11H,3-4,7-8H2,(H,19,20). The van der Waals surface area contributed by atoms with Gasteiger partial charge >= 0.3 is 5.97 Å². The number of carboxylic acids is 1. The molecule has 1 aliphatic carbocycles. The highest BCUT2D eigenvalue weighted by molar-refractivity contribution is 9.10. The van der Waals surface area contributed by atoms with Crippen molar-refractivity contribution in [1.82, 2.24) is 10.1 Å². The second kappa shape index (κ2) is 5.97. The van der Waals surface area contributed by atoms with Crippen LogP contribution < -0.4 is 0 Å². The van der Waals surface area contributed by atoms with Crippen molar-refractivity contribution in [2.45, 2.75) is 31.6 Å². The first-order valence-electron chi connectivity index (χ1n) is 6.91. The van der Waals surface area contributed by atoms with Crippen LogP contribution in [0.25, 0.3) is 0 Å². The van der Waals surface area contributed by atoms with Gasteiger partial charge in [0.1, 0.15) is 0 Å². The third-order valence-electron chi connectivity index (χ3n) is 3.89. The van der Waals surface area contributed by atoms with Gasteiger partial charge in [-0.1, -0.05) is 33.2 Å². The van der Waals surface area contributed by atoms with Crippen molar-refractivity contribution in [1.29, 1.82) is 0 Å². The van der Waals surface area contributed by atoms with Crippen molar-refractivity contribution < 1.29 is 14.4 Å². The number of aliphatic carboxylic acids is 1. The average molecular weight is 351 g/mol. The minimum atomic E-state index is -0.730. The number of aromatic nitrogens is 2. The maximum absolute atomic E-state index is 11.0. The first-order valence-corrected chi connectivity index (χ1v) is 7.71. The molecule has 1 N–H and O–H groups in total. The van der Waals surface area contributed by atoms with Gasteiger partial charge in [0.15, 0.2) is 5.82 Å². The monoisotopic (exact) mass is 350 g/mol. The summed E-state index contributed by atoms with van der Waals surface area (Å²) in [7, 11) is 0. The molecule has 0 saturated heterocycles. The Morgan fingerprint density at radius 2 is 2.10 bits per heavy atom. The van der Waals surface area contributed by atoms with E-state index in [2.05, 4.69) is 26.1 Å². The molecule has 5 nitrogen and oxygen atoms in total. The van der Waals surface area contributed by atoms with Crippen LogP contribution in [-0.2, 0) is 11.2 Å². The summed E-state index contributed by atoms with van der Waals surface area (Å²) in [6.45, 7) is 0. The Morgan fingerprint density at radius 3 is 2.76 bits per heavy atom. The van der Waals surface area contributed by atoms with Gasteiger partial charge in [-0.15, -0.1) is 0 Å². The van der Waals surface area contributed by atoms with E-state index in [1.807, 2.05) is 24.3 Å². The summed E-state index contributed by atoms with van der Waals surface area (Å²) in [6.07, 6.45) is 2.70. The summed E-state index contributed by atoms with van der Waals surface area (Å²) in [4.78, 5) is 15.4. The van der Waals surface area contributed by atoms with Crippen molar-refractivity contribution >= 4 is 21.9 Å². The number of carbonyl (C=O) groups is 1. The summed E-state index contributed by atoms with van der Waals surface area (Å²) >= 11 is 3.40. The maximum atomic E-state index is 11.0. The molecular formula is C15H15BrN2O3. The molecule has 2 aromatic rings. The molecule has 0 radical (unpaired) electrons. The summed E-state index contributed by atoms with van der Waals surface area (Å²) in [6, 6.07) is 7.97. The summed E-state index contributed by atoms with van der Waals surface area (Å²) in [5.41, 5.74) is 1.11. The molecule has 2 atom stereocenters. The number of rotatable bonds is 4. The first-order chi connectivity index (χ1) is 10.1. The molecule has 1 aliphatic rings. The molecule has 1 heterocycles. The van der Waals surface area contributed by atoms with E-state index < -0.39 is 5.97 Å². The molecule has 1 aromatic carbocycles. The molecule has 0 spiro atoms. The smallest absolute Gasteiger partial charge is 0.306 e. The number of carboxylic acid groups (broad SMARTS) is 1. The Hall–Kier alpha value is -1.69. The normalized spacial score (nSPS) is 21.6. The number of halogens is 1. The van der Waals surface area contributed by atoms with Crippen LogP contribution in [0.5, 0.6) is 0 Å². The molecule has 110 valence electrons. The molecule has 3 rings (SSSR count). The van der Waals surface area contributed by atoms with Crippen LogP contribution in [0.15, 0.2) is 33.3 Å². The number of benzene rings is 1. The molecule has 6 heteroatoms. The van der Waals surface area contributed by atoms with E-state index >= 15 is 0 Å². The van der Waals surface area contributed by atoms with E-state index in [1.54, 1.807) is 0 Å². The molecule has 21 heavy (non-hydrogen) atoms. The zero-order chi connectivity index (χ0) is 14.8. The minimum absolute atomic E-state index is 0.0808.